The number of ketones is 1. The molecule has 1 N–H and O–H groups in total. The zero-order chi connectivity index (χ0) is 26.9. The van der Waals surface area contributed by atoms with Gasteiger partial charge >= 0.3 is 0 Å². The maximum Gasteiger partial charge on any atom is 0.295 e. The van der Waals surface area contributed by atoms with Gasteiger partial charge < -0.3 is 24.4 Å². The molecule has 1 fully saturated rings. The summed E-state index contributed by atoms with van der Waals surface area (Å²) < 4.78 is 11.4. The summed E-state index contributed by atoms with van der Waals surface area (Å²) in [7, 11) is 3.82. The lowest BCUT2D eigenvalue weighted by Gasteiger charge is -2.27. The molecule has 1 saturated heterocycles. The fourth-order valence-corrected chi connectivity index (χ4v) is 4.35. The number of benzene rings is 2. The first-order valence-corrected chi connectivity index (χ1v) is 12.8. The fraction of sp³-hybridized carbons (Fsp3) is 0.400. The number of ether oxygens (including phenoxy) is 2. The van der Waals surface area contributed by atoms with E-state index in [4.69, 9.17) is 9.47 Å². The van der Waals surface area contributed by atoms with Crippen LogP contribution >= 0.6 is 0 Å². The molecule has 1 atom stereocenters. The molecule has 37 heavy (non-hydrogen) atoms. The van der Waals surface area contributed by atoms with Crippen molar-refractivity contribution < 1.29 is 24.2 Å². The topological polar surface area (TPSA) is 79.3 Å². The molecule has 0 aliphatic carbocycles. The number of hydrogen-bond acceptors (Lipinski definition) is 6. The number of carbonyl (C=O) groups excluding carboxylic acids is 2. The molecule has 0 aromatic heterocycles. The molecule has 198 valence electrons. The number of rotatable bonds is 13. The van der Waals surface area contributed by atoms with Gasteiger partial charge in [-0.25, -0.2) is 0 Å². The van der Waals surface area contributed by atoms with Crippen LogP contribution < -0.4 is 9.47 Å². The van der Waals surface area contributed by atoms with Gasteiger partial charge in [-0.05, 0) is 68.9 Å². The number of unbranched alkanes of at least 4 members (excludes halogenated alkanes) is 2. The van der Waals surface area contributed by atoms with Crippen LogP contribution in [0.1, 0.15) is 48.9 Å². The van der Waals surface area contributed by atoms with Crippen molar-refractivity contribution in [2.75, 3.05) is 40.4 Å². The second-order valence-corrected chi connectivity index (χ2v) is 9.50. The number of likely N-dealkylation sites (tertiary alicyclic amines) is 1. The number of nitrogens with zero attached hydrogens (tertiary/aromatic N) is 2. The van der Waals surface area contributed by atoms with Gasteiger partial charge in [0, 0.05) is 18.7 Å². The highest BCUT2D eigenvalue weighted by Gasteiger charge is 2.46. The van der Waals surface area contributed by atoms with Crippen molar-refractivity contribution in [2.24, 2.45) is 0 Å². The van der Waals surface area contributed by atoms with Crippen LogP contribution in [0.2, 0.25) is 0 Å². The number of aryl methyl sites for hydroxylation is 1. The van der Waals surface area contributed by atoms with E-state index in [1.165, 1.54) is 0 Å². The summed E-state index contributed by atoms with van der Waals surface area (Å²) in [4.78, 5) is 29.9. The highest BCUT2D eigenvalue weighted by atomic mass is 16.5. The lowest BCUT2D eigenvalue weighted by Crippen LogP contribution is -2.35. The minimum atomic E-state index is -0.704. The van der Waals surface area contributed by atoms with Crippen LogP contribution in [-0.4, -0.2) is 67.0 Å². The molecule has 0 spiro atoms. The van der Waals surface area contributed by atoms with Crippen molar-refractivity contribution in [3.05, 3.63) is 77.4 Å². The van der Waals surface area contributed by atoms with E-state index in [2.05, 4.69) is 13.5 Å². The molecular formula is C30H38N2O5. The standard InChI is InChI=1S/C30H38N2O5/c1-6-8-9-19-37-23-12-10-22(11-13-23)27-26(29(34)30(35)32(27)17-16-31(4)5)28(33)25-15-14-24(20-21(25)3)36-18-7-2/h7,10-15,20,27,33H,2,6,8-9,16-19H2,1,3-5H3. The summed E-state index contributed by atoms with van der Waals surface area (Å²) in [5.41, 5.74) is 2.04. The van der Waals surface area contributed by atoms with Crippen LogP contribution in [0.5, 0.6) is 11.5 Å². The van der Waals surface area contributed by atoms with E-state index in [1.807, 2.05) is 50.2 Å². The monoisotopic (exact) mass is 506 g/mol. The van der Waals surface area contributed by atoms with Gasteiger partial charge in [-0.1, -0.05) is 44.6 Å². The molecule has 2 aromatic carbocycles. The maximum absolute atomic E-state index is 13.3. The number of aliphatic hydroxyl groups excluding tert-OH is 1. The highest BCUT2D eigenvalue weighted by Crippen LogP contribution is 2.40. The first kappa shape index (κ1) is 28.0. The molecule has 1 amide bonds. The Labute approximate surface area is 220 Å². The van der Waals surface area contributed by atoms with E-state index in [1.54, 1.807) is 29.2 Å². The number of aliphatic hydroxyl groups is 1. The molecule has 0 saturated carbocycles. The molecule has 7 heteroatoms. The van der Waals surface area contributed by atoms with E-state index in [-0.39, 0.29) is 11.3 Å². The first-order chi connectivity index (χ1) is 17.8. The minimum absolute atomic E-state index is 0.0863. The lowest BCUT2D eigenvalue weighted by molar-refractivity contribution is -0.140. The van der Waals surface area contributed by atoms with Crippen LogP contribution in [0, 0.1) is 6.92 Å². The Kier molecular flexibility index (Phi) is 9.92. The van der Waals surface area contributed by atoms with Crippen LogP contribution in [0.25, 0.3) is 5.76 Å². The number of hydrogen-bond donors (Lipinski definition) is 1. The third-order valence-corrected chi connectivity index (χ3v) is 6.36. The zero-order valence-corrected chi connectivity index (χ0v) is 22.3. The summed E-state index contributed by atoms with van der Waals surface area (Å²) in [6, 6.07) is 12.0. The van der Waals surface area contributed by atoms with E-state index in [9.17, 15) is 14.7 Å². The summed E-state index contributed by atoms with van der Waals surface area (Å²) in [6.07, 6.45) is 4.87. The van der Waals surface area contributed by atoms with Gasteiger partial charge in [0.15, 0.2) is 0 Å². The predicted octanol–water partition coefficient (Wildman–Crippen LogP) is 5.11. The van der Waals surface area contributed by atoms with Crippen LogP contribution in [0.15, 0.2) is 60.7 Å². The third kappa shape index (κ3) is 6.80. The third-order valence-electron chi connectivity index (χ3n) is 6.36. The SMILES string of the molecule is C=CCOc1ccc(C(O)=C2C(=O)C(=O)N(CCN(C)C)C2c2ccc(OCCCCC)cc2)c(C)c1. The highest BCUT2D eigenvalue weighted by molar-refractivity contribution is 6.46. The second kappa shape index (κ2) is 13.1. The Morgan fingerprint density at radius 3 is 2.41 bits per heavy atom. The molecule has 1 unspecified atom stereocenters. The number of amides is 1. The molecular weight excluding hydrogens is 468 g/mol. The van der Waals surface area contributed by atoms with Gasteiger partial charge in [0.25, 0.3) is 11.7 Å². The van der Waals surface area contributed by atoms with E-state index >= 15 is 0 Å². The van der Waals surface area contributed by atoms with Crippen LogP contribution in [0.3, 0.4) is 0 Å². The van der Waals surface area contributed by atoms with E-state index < -0.39 is 17.7 Å². The first-order valence-electron chi connectivity index (χ1n) is 12.8. The summed E-state index contributed by atoms with van der Waals surface area (Å²) >= 11 is 0. The Balaban J connectivity index is 2.00. The molecule has 0 bridgehead atoms. The normalized spacial score (nSPS) is 16.9. The molecule has 2 aromatic rings. The quantitative estimate of drug-likeness (QED) is 0.134. The zero-order valence-electron chi connectivity index (χ0n) is 22.3. The molecule has 3 rings (SSSR count). The van der Waals surface area contributed by atoms with Gasteiger partial charge in [-0.15, -0.1) is 0 Å². The largest absolute Gasteiger partial charge is 0.507 e. The lowest BCUT2D eigenvalue weighted by atomic mass is 9.94. The van der Waals surface area contributed by atoms with Crippen molar-refractivity contribution in [3.8, 4) is 11.5 Å². The molecule has 7 nitrogen and oxygen atoms in total. The predicted molar refractivity (Wildman–Crippen MR) is 146 cm³/mol. The van der Waals surface area contributed by atoms with Crippen molar-refractivity contribution in [1.29, 1.82) is 0 Å². The Hall–Kier alpha value is -3.58. The average molecular weight is 507 g/mol. The number of Topliss-reactive ketones (excluding diaryl/α,β-unsaturated/α-hetero) is 1. The summed E-state index contributed by atoms with van der Waals surface area (Å²) in [5.74, 6) is -0.129. The summed E-state index contributed by atoms with van der Waals surface area (Å²) in [5, 5.41) is 11.4. The molecule has 1 aliphatic heterocycles. The van der Waals surface area contributed by atoms with E-state index in [0.717, 1.165) is 36.1 Å². The van der Waals surface area contributed by atoms with E-state index in [0.29, 0.717) is 37.6 Å². The van der Waals surface area contributed by atoms with Gasteiger partial charge in [-0.2, -0.15) is 0 Å². The number of carbonyl (C=O) groups is 2. The van der Waals surface area contributed by atoms with Gasteiger partial charge in [-0.3, -0.25) is 9.59 Å². The van der Waals surface area contributed by atoms with Crippen molar-refractivity contribution in [2.45, 2.75) is 39.2 Å². The molecule has 1 aliphatic rings. The second-order valence-electron chi connectivity index (χ2n) is 9.50. The maximum atomic E-state index is 13.3. The summed E-state index contributed by atoms with van der Waals surface area (Å²) in [6.45, 7) is 9.56. The minimum Gasteiger partial charge on any atom is -0.507 e. The van der Waals surface area contributed by atoms with Crippen LogP contribution in [-0.2, 0) is 9.59 Å². The Bertz CT molecular complexity index is 1140. The van der Waals surface area contributed by atoms with Crippen molar-refractivity contribution >= 4 is 17.4 Å². The Morgan fingerprint density at radius 1 is 1.08 bits per heavy atom. The van der Waals surface area contributed by atoms with Gasteiger partial charge in [0.2, 0.25) is 0 Å². The van der Waals surface area contributed by atoms with Gasteiger partial charge in [0.05, 0.1) is 18.2 Å². The smallest absolute Gasteiger partial charge is 0.295 e. The van der Waals surface area contributed by atoms with Gasteiger partial charge in [0.1, 0.15) is 23.9 Å². The Morgan fingerprint density at radius 2 is 1.78 bits per heavy atom. The molecule has 0 radical (unpaired) electrons. The fourth-order valence-electron chi connectivity index (χ4n) is 4.35. The average Bonchev–Trinajstić information content (AvgIpc) is 3.13. The van der Waals surface area contributed by atoms with Crippen molar-refractivity contribution in [3.63, 3.8) is 0 Å². The molecule has 1 heterocycles. The van der Waals surface area contributed by atoms with Crippen molar-refractivity contribution in [1.82, 2.24) is 9.80 Å². The van der Waals surface area contributed by atoms with Crippen LogP contribution in [0.4, 0.5) is 0 Å². The number of likely N-dealkylation sites (N-methyl/N-ethyl adjacent to an activating group) is 1.